The van der Waals surface area contributed by atoms with Gasteiger partial charge in [-0.05, 0) is 85.7 Å². The van der Waals surface area contributed by atoms with Crippen LogP contribution in [-0.2, 0) is 4.79 Å². The number of hydrogen-bond donors (Lipinski definition) is 3. The molecule has 0 radical (unpaired) electrons. The van der Waals surface area contributed by atoms with Gasteiger partial charge < -0.3 is 20.9 Å². The average Bonchev–Trinajstić information content (AvgIpc) is 3.57. The molecule has 3 aromatic carbocycles. The maximum Gasteiger partial charge on any atom is 0.321 e. The lowest BCUT2D eigenvalue weighted by Gasteiger charge is -2.20. The van der Waals surface area contributed by atoms with E-state index in [2.05, 4.69) is 28.1 Å². The lowest BCUT2D eigenvalue weighted by molar-refractivity contribution is -0.105. The summed E-state index contributed by atoms with van der Waals surface area (Å²) in [5.41, 5.74) is 3.07. The number of hydrogen-bond acceptors (Lipinski definition) is 3. The molecule has 3 amide bonds. The number of nitrogens with zero attached hydrogens (tertiary/aromatic N) is 1. The summed E-state index contributed by atoms with van der Waals surface area (Å²) in [6.07, 6.45) is 5.26. The van der Waals surface area contributed by atoms with Gasteiger partial charge in [0.1, 0.15) is 5.82 Å². The van der Waals surface area contributed by atoms with Gasteiger partial charge in [0.25, 0.3) is 0 Å². The van der Waals surface area contributed by atoms with Crippen LogP contribution in [0, 0.1) is 11.7 Å². The molecule has 2 fully saturated rings. The molecule has 37 heavy (non-hydrogen) atoms. The first-order valence-corrected chi connectivity index (χ1v) is 13.0. The highest BCUT2D eigenvalue weighted by Gasteiger charge is 2.24. The highest BCUT2D eigenvalue weighted by Crippen LogP contribution is 2.31. The Bertz CT molecular complexity index is 1170. The number of likely N-dealkylation sites (tertiary alicyclic amines) is 1. The highest BCUT2D eigenvalue weighted by atomic mass is 35.5. The van der Waals surface area contributed by atoms with E-state index in [0.29, 0.717) is 11.4 Å². The minimum atomic E-state index is -0.426. The first-order chi connectivity index (χ1) is 18.0. The van der Waals surface area contributed by atoms with Crippen LogP contribution in [0.3, 0.4) is 0 Å². The number of carbonyl (C=O) groups excluding carboxylic acids is 2. The molecule has 1 aliphatic heterocycles. The Kier molecular flexibility index (Phi) is 9.52. The van der Waals surface area contributed by atoms with Gasteiger partial charge >= 0.3 is 6.03 Å². The Hall–Kier alpha value is -3.42. The largest absolute Gasteiger partial charge is 0.326 e. The first-order valence-electron chi connectivity index (χ1n) is 12.6. The standard InChI is InChI=1S/C18H19FN2O.C11H13ClN2O/c19-16-9-8-15(10-17(16)21-12-22)18(20-11-13-6-7-13)14-4-2-1-3-5-14;12-9-3-5-10(6-4-9)13-11(15)14-7-1-2-8-14/h1-5,8-10,12-13,18,20H,6-7,11H2,(H,21,22);3-6H,1-2,7-8H2,(H,13,15). The second-order valence-corrected chi connectivity index (χ2v) is 9.76. The number of rotatable bonds is 8. The second kappa shape index (κ2) is 13.2. The van der Waals surface area contributed by atoms with Gasteiger partial charge in [0.15, 0.2) is 0 Å². The zero-order valence-electron chi connectivity index (χ0n) is 20.6. The normalized spacial score (nSPS) is 15.4. The molecule has 3 N–H and O–H groups in total. The summed E-state index contributed by atoms with van der Waals surface area (Å²) in [6.45, 7) is 2.67. The Morgan fingerprint density at radius 2 is 1.70 bits per heavy atom. The molecule has 8 heteroatoms. The first kappa shape index (κ1) is 26.6. The van der Waals surface area contributed by atoms with E-state index in [-0.39, 0.29) is 17.8 Å². The highest BCUT2D eigenvalue weighted by molar-refractivity contribution is 6.30. The summed E-state index contributed by atoms with van der Waals surface area (Å²) in [6, 6.07) is 22.1. The Morgan fingerprint density at radius 3 is 2.35 bits per heavy atom. The molecule has 0 bridgehead atoms. The van der Waals surface area contributed by atoms with Crippen molar-refractivity contribution in [2.24, 2.45) is 5.92 Å². The van der Waals surface area contributed by atoms with Crippen LogP contribution in [0.5, 0.6) is 0 Å². The monoisotopic (exact) mass is 522 g/mol. The lowest BCUT2D eigenvalue weighted by atomic mass is 9.98. The van der Waals surface area contributed by atoms with Gasteiger partial charge in [0.05, 0.1) is 11.7 Å². The molecule has 6 nitrogen and oxygen atoms in total. The summed E-state index contributed by atoms with van der Waals surface area (Å²) in [7, 11) is 0. The fraction of sp³-hybridized carbons (Fsp3) is 0.310. The third-order valence-corrected chi connectivity index (χ3v) is 6.72. The summed E-state index contributed by atoms with van der Waals surface area (Å²) in [4.78, 5) is 24.1. The van der Waals surface area contributed by atoms with Crippen molar-refractivity contribution < 1.29 is 14.0 Å². The van der Waals surface area contributed by atoms with Gasteiger partial charge in [-0.1, -0.05) is 48.0 Å². The molecule has 194 valence electrons. The molecule has 2 aliphatic rings. The van der Waals surface area contributed by atoms with E-state index in [4.69, 9.17) is 11.6 Å². The van der Waals surface area contributed by atoms with E-state index in [1.807, 2.05) is 23.1 Å². The van der Waals surface area contributed by atoms with Crippen LogP contribution >= 0.6 is 11.6 Å². The van der Waals surface area contributed by atoms with E-state index in [9.17, 15) is 14.0 Å². The quantitative estimate of drug-likeness (QED) is 0.298. The fourth-order valence-corrected chi connectivity index (χ4v) is 4.36. The van der Waals surface area contributed by atoms with Crippen LogP contribution in [-0.4, -0.2) is 37.0 Å². The van der Waals surface area contributed by atoms with E-state index >= 15 is 0 Å². The van der Waals surface area contributed by atoms with Gasteiger partial charge in [-0.2, -0.15) is 0 Å². The summed E-state index contributed by atoms with van der Waals surface area (Å²) >= 11 is 5.75. The fourth-order valence-electron chi connectivity index (χ4n) is 4.23. The maximum absolute atomic E-state index is 13.7. The molecular formula is C29H32ClFN4O2. The van der Waals surface area contributed by atoms with Gasteiger partial charge in [0, 0.05) is 23.8 Å². The minimum absolute atomic E-state index is 0.00500. The number of amides is 3. The summed E-state index contributed by atoms with van der Waals surface area (Å²) in [5.74, 6) is 0.323. The lowest BCUT2D eigenvalue weighted by Crippen LogP contribution is -2.32. The van der Waals surface area contributed by atoms with Crippen molar-refractivity contribution in [3.63, 3.8) is 0 Å². The second-order valence-electron chi connectivity index (χ2n) is 9.33. The SMILES string of the molecule is O=C(Nc1ccc(Cl)cc1)N1CCCC1.O=CNc1cc(C(NCC2CC2)c2ccccc2)ccc1F. The molecule has 1 aliphatic carbocycles. The van der Waals surface area contributed by atoms with Crippen molar-refractivity contribution in [2.45, 2.75) is 31.7 Å². The van der Waals surface area contributed by atoms with E-state index < -0.39 is 5.82 Å². The smallest absolute Gasteiger partial charge is 0.321 e. The number of nitrogens with one attached hydrogen (secondary N) is 3. The van der Waals surface area contributed by atoms with Crippen molar-refractivity contribution >= 4 is 35.4 Å². The number of urea groups is 1. The predicted molar refractivity (Wildman–Crippen MR) is 146 cm³/mol. The minimum Gasteiger partial charge on any atom is -0.326 e. The van der Waals surface area contributed by atoms with Gasteiger partial charge in [-0.15, -0.1) is 0 Å². The maximum atomic E-state index is 13.7. The molecule has 1 heterocycles. The molecule has 1 atom stereocenters. The average molecular weight is 523 g/mol. The van der Waals surface area contributed by atoms with Crippen LogP contribution < -0.4 is 16.0 Å². The molecule has 0 spiro atoms. The number of benzene rings is 3. The Balaban J connectivity index is 0.000000186. The number of halogens is 2. The molecule has 1 unspecified atom stereocenters. The van der Waals surface area contributed by atoms with Crippen LogP contribution in [0.4, 0.5) is 20.6 Å². The zero-order chi connectivity index (χ0) is 26.0. The van der Waals surface area contributed by atoms with E-state index in [1.54, 1.807) is 36.4 Å². The molecule has 0 aromatic heterocycles. The number of anilines is 2. The van der Waals surface area contributed by atoms with Crippen molar-refractivity contribution in [3.8, 4) is 0 Å². The molecule has 1 saturated carbocycles. The summed E-state index contributed by atoms with van der Waals surface area (Å²) < 4.78 is 13.7. The van der Waals surface area contributed by atoms with Crippen LogP contribution in [0.15, 0.2) is 72.8 Å². The third kappa shape index (κ3) is 8.03. The number of carbonyl (C=O) groups is 2. The Labute approximate surface area is 222 Å². The molecular weight excluding hydrogens is 491 g/mol. The predicted octanol–water partition coefficient (Wildman–Crippen LogP) is 6.45. The van der Waals surface area contributed by atoms with Gasteiger partial charge in [-0.25, -0.2) is 9.18 Å². The van der Waals surface area contributed by atoms with Crippen LogP contribution in [0.1, 0.15) is 42.9 Å². The van der Waals surface area contributed by atoms with E-state index in [0.717, 1.165) is 55.2 Å². The summed E-state index contributed by atoms with van der Waals surface area (Å²) in [5, 5.41) is 9.50. The van der Waals surface area contributed by atoms with Crippen molar-refractivity contribution in [3.05, 3.63) is 94.8 Å². The topological polar surface area (TPSA) is 73.5 Å². The van der Waals surface area contributed by atoms with Crippen molar-refractivity contribution in [1.29, 1.82) is 0 Å². The van der Waals surface area contributed by atoms with Crippen molar-refractivity contribution in [2.75, 3.05) is 30.3 Å². The van der Waals surface area contributed by atoms with Crippen molar-refractivity contribution in [1.82, 2.24) is 10.2 Å². The van der Waals surface area contributed by atoms with Crippen LogP contribution in [0.2, 0.25) is 5.02 Å². The Morgan fingerprint density at radius 1 is 1.00 bits per heavy atom. The van der Waals surface area contributed by atoms with Crippen LogP contribution in [0.25, 0.3) is 0 Å². The third-order valence-electron chi connectivity index (χ3n) is 6.47. The molecule has 1 saturated heterocycles. The van der Waals surface area contributed by atoms with Gasteiger partial charge in [0.2, 0.25) is 6.41 Å². The zero-order valence-corrected chi connectivity index (χ0v) is 21.4. The molecule has 3 aromatic rings. The van der Waals surface area contributed by atoms with Gasteiger partial charge in [-0.3, -0.25) is 4.79 Å². The van der Waals surface area contributed by atoms with E-state index in [1.165, 1.54) is 18.9 Å². The molecule has 5 rings (SSSR count).